The van der Waals surface area contributed by atoms with Gasteiger partial charge in [-0.2, -0.15) is 5.10 Å². The van der Waals surface area contributed by atoms with Crippen molar-refractivity contribution in [3.8, 4) is 5.69 Å². The highest BCUT2D eigenvalue weighted by Gasteiger charge is 2.24. The summed E-state index contributed by atoms with van der Waals surface area (Å²) < 4.78 is 2.09. The molecule has 0 saturated carbocycles. The van der Waals surface area contributed by atoms with Crippen LogP contribution in [0.4, 0.5) is 0 Å². The summed E-state index contributed by atoms with van der Waals surface area (Å²) in [6.45, 7) is 0.842. The van der Waals surface area contributed by atoms with Crippen LogP contribution in [0.2, 0.25) is 0 Å². The zero-order valence-electron chi connectivity index (χ0n) is 13.0. The van der Waals surface area contributed by atoms with Crippen LogP contribution in [0.5, 0.6) is 0 Å². The third-order valence-electron chi connectivity index (χ3n) is 4.46. The van der Waals surface area contributed by atoms with Crippen LogP contribution in [0.15, 0.2) is 61.1 Å². The lowest BCUT2D eigenvalue weighted by Gasteiger charge is -2.24. The topological polar surface area (TPSA) is 42.7 Å². The molecule has 0 spiro atoms. The predicted molar refractivity (Wildman–Crippen MR) is 90.3 cm³/mol. The third kappa shape index (κ3) is 2.90. The second kappa shape index (κ2) is 6.34. The molecule has 0 fully saturated rings. The number of hydrogen-bond acceptors (Lipinski definition) is 3. The van der Waals surface area contributed by atoms with E-state index < -0.39 is 0 Å². The fraction of sp³-hybridized carbons (Fsp3) is 0.263. The van der Waals surface area contributed by atoms with Crippen molar-refractivity contribution in [1.29, 1.82) is 0 Å². The molecule has 1 aliphatic rings. The second-order valence-corrected chi connectivity index (χ2v) is 5.98. The lowest BCUT2D eigenvalue weighted by Crippen LogP contribution is -2.25. The molecule has 0 saturated heterocycles. The van der Waals surface area contributed by atoms with Gasteiger partial charge in [0, 0.05) is 36.2 Å². The Morgan fingerprint density at radius 2 is 2.00 bits per heavy atom. The first-order chi connectivity index (χ1) is 11.4. The molecule has 4 rings (SSSR count). The third-order valence-corrected chi connectivity index (χ3v) is 4.46. The number of benzene rings is 1. The van der Waals surface area contributed by atoms with Crippen molar-refractivity contribution in [2.45, 2.75) is 31.8 Å². The Balaban J connectivity index is 1.56. The summed E-state index contributed by atoms with van der Waals surface area (Å²) in [6, 6.07) is 14.8. The Morgan fingerprint density at radius 1 is 1.09 bits per heavy atom. The number of para-hydroxylation sites is 1. The van der Waals surface area contributed by atoms with Gasteiger partial charge in [-0.25, -0.2) is 4.68 Å². The molecule has 0 unspecified atom stereocenters. The van der Waals surface area contributed by atoms with E-state index in [0.717, 1.165) is 25.1 Å². The van der Waals surface area contributed by atoms with E-state index in [0.29, 0.717) is 6.04 Å². The molecule has 4 heteroatoms. The summed E-state index contributed by atoms with van der Waals surface area (Å²) in [5.74, 6) is 0. The number of nitrogens with one attached hydrogen (secondary N) is 1. The van der Waals surface area contributed by atoms with Crippen molar-refractivity contribution < 1.29 is 0 Å². The van der Waals surface area contributed by atoms with Crippen LogP contribution in [0.3, 0.4) is 0 Å². The summed E-state index contributed by atoms with van der Waals surface area (Å²) in [4.78, 5) is 4.18. The monoisotopic (exact) mass is 304 g/mol. The molecule has 2 aromatic heterocycles. The van der Waals surface area contributed by atoms with Gasteiger partial charge in [-0.15, -0.1) is 0 Å². The fourth-order valence-electron chi connectivity index (χ4n) is 3.30. The summed E-state index contributed by atoms with van der Waals surface area (Å²) in [5.41, 5.74) is 5.03. The maximum atomic E-state index is 4.64. The van der Waals surface area contributed by atoms with Gasteiger partial charge in [0.25, 0.3) is 0 Å². The van der Waals surface area contributed by atoms with Gasteiger partial charge in [0.05, 0.1) is 11.9 Å². The molecule has 116 valence electrons. The number of rotatable bonds is 4. The fourth-order valence-corrected chi connectivity index (χ4v) is 3.30. The molecule has 0 aliphatic heterocycles. The lowest BCUT2D eigenvalue weighted by molar-refractivity contribution is 0.454. The van der Waals surface area contributed by atoms with E-state index in [4.69, 9.17) is 0 Å². The highest BCUT2D eigenvalue weighted by molar-refractivity contribution is 5.37. The van der Waals surface area contributed by atoms with E-state index in [-0.39, 0.29) is 0 Å². The van der Waals surface area contributed by atoms with Gasteiger partial charge in [0.15, 0.2) is 0 Å². The Labute approximate surface area is 136 Å². The lowest BCUT2D eigenvalue weighted by atomic mass is 9.92. The van der Waals surface area contributed by atoms with E-state index in [1.807, 2.05) is 30.7 Å². The average molecular weight is 304 g/mol. The minimum absolute atomic E-state index is 0.372. The van der Waals surface area contributed by atoms with Crippen LogP contribution in [0.1, 0.15) is 35.7 Å². The molecule has 0 radical (unpaired) electrons. The predicted octanol–water partition coefficient (Wildman–Crippen LogP) is 3.43. The van der Waals surface area contributed by atoms with Crippen molar-refractivity contribution in [2.75, 3.05) is 0 Å². The minimum atomic E-state index is 0.372. The van der Waals surface area contributed by atoms with Crippen LogP contribution < -0.4 is 5.32 Å². The van der Waals surface area contributed by atoms with Crippen molar-refractivity contribution in [2.24, 2.45) is 0 Å². The highest BCUT2D eigenvalue weighted by Crippen LogP contribution is 2.31. The van der Waals surface area contributed by atoms with Gasteiger partial charge in [-0.1, -0.05) is 24.3 Å². The van der Waals surface area contributed by atoms with Crippen LogP contribution in [-0.2, 0) is 13.0 Å². The average Bonchev–Trinajstić information content (AvgIpc) is 3.06. The first kappa shape index (κ1) is 14.2. The molecule has 3 aromatic rings. The van der Waals surface area contributed by atoms with Crippen molar-refractivity contribution in [3.63, 3.8) is 0 Å². The van der Waals surface area contributed by atoms with Gasteiger partial charge >= 0.3 is 0 Å². The van der Waals surface area contributed by atoms with Gasteiger partial charge in [0.2, 0.25) is 0 Å². The molecule has 0 bridgehead atoms. The zero-order chi connectivity index (χ0) is 15.5. The number of hydrogen-bond donors (Lipinski definition) is 1. The first-order valence-corrected chi connectivity index (χ1v) is 8.16. The minimum Gasteiger partial charge on any atom is -0.306 e. The van der Waals surface area contributed by atoms with E-state index >= 15 is 0 Å². The van der Waals surface area contributed by atoms with Crippen LogP contribution in [-0.4, -0.2) is 14.8 Å². The molecular formula is C19H20N4. The standard InChI is InChI=1S/C19H20N4/c1-2-7-16(8-3-1)23-19-10-4-9-18(17(19)14-22-23)21-13-15-6-5-11-20-12-15/h1-3,5-8,11-12,14,18,21H,4,9-10,13H2/t18-/m1/s1. The van der Waals surface area contributed by atoms with Gasteiger partial charge in [0.1, 0.15) is 0 Å². The SMILES string of the molecule is c1ccc(-n2ncc3c2CCC[C@H]3NCc2cccnc2)cc1. The quantitative estimate of drug-likeness (QED) is 0.803. The Morgan fingerprint density at radius 3 is 2.83 bits per heavy atom. The van der Waals surface area contributed by atoms with Crippen molar-refractivity contribution in [3.05, 3.63) is 77.9 Å². The maximum absolute atomic E-state index is 4.64. The molecule has 2 heterocycles. The number of aromatic nitrogens is 3. The van der Waals surface area contributed by atoms with Crippen LogP contribution in [0, 0.1) is 0 Å². The molecule has 4 nitrogen and oxygen atoms in total. The second-order valence-electron chi connectivity index (χ2n) is 5.98. The summed E-state index contributed by atoms with van der Waals surface area (Å²) in [5, 5.41) is 8.30. The first-order valence-electron chi connectivity index (χ1n) is 8.16. The number of pyridine rings is 1. The molecule has 1 aliphatic carbocycles. The molecule has 1 aromatic carbocycles. The van der Waals surface area contributed by atoms with E-state index in [9.17, 15) is 0 Å². The normalized spacial score (nSPS) is 17.0. The Kier molecular flexibility index (Phi) is 3.90. The van der Waals surface area contributed by atoms with E-state index in [1.54, 1.807) is 0 Å². The maximum Gasteiger partial charge on any atom is 0.0648 e. The van der Waals surface area contributed by atoms with E-state index in [2.05, 4.69) is 50.4 Å². The van der Waals surface area contributed by atoms with Gasteiger partial charge in [-0.05, 0) is 43.0 Å². The number of nitrogens with zero attached hydrogens (tertiary/aromatic N) is 3. The molecular weight excluding hydrogens is 284 g/mol. The van der Waals surface area contributed by atoms with Crippen molar-refractivity contribution in [1.82, 2.24) is 20.1 Å². The highest BCUT2D eigenvalue weighted by atomic mass is 15.3. The Bertz CT molecular complexity index is 765. The smallest absolute Gasteiger partial charge is 0.0648 e. The zero-order valence-corrected chi connectivity index (χ0v) is 13.0. The summed E-state index contributed by atoms with van der Waals surface area (Å²) >= 11 is 0. The molecule has 0 amide bonds. The molecule has 23 heavy (non-hydrogen) atoms. The Hall–Kier alpha value is -2.46. The van der Waals surface area contributed by atoms with Gasteiger partial charge < -0.3 is 5.32 Å². The van der Waals surface area contributed by atoms with Crippen molar-refractivity contribution >= 4 is 0 Å². The number of fused-ring (bicyclic) bond motifs is 1. The van der Waals surface area contributed by atoms with Crippen LogP contribution in [0.25, 0.3) is 5.69 Å². The molecule has 1 N–H and O–H groups in total. The summed E-state index contributed by atoms with van der Waals surface area (Å²) in [6.07, 6.45) is 9.21. The van der Waals surface area contributed by atoms with E-state index in [1.165, 1.54) is 23.2 Å². The molecule has 1 atom stereocenters. The van der Waals surface area contributed by atoms with Crippen LogP contribution >= 0.6 is 0 Å². The largest absolute Gasteiger partial charge is 0.306 e. The van der Waals surface area contributed by atoms with Gasteiger partial charge in [-0.3, -0.25) is 4.98 Å². The summed E-state index contributed by atoms with van der Waals surface area (Å²) in [7, 11) is 0.